The van der Waals surface area contributed by atoms with Crippen molar-refractivity contribution in [3.8, 4) is 0 Å². The van der Waals surface area contributed by atoms with Crippen molar-refractivity contribution in [2.45, 2.75) is 39.8 Å². The van der Waals surface area contributed by atoms with E-state index in [2.05, 4.69) is 10.2 Å². The molecule has 0 spiro atoms. The second-order valence-corrected chi connectivity index (χ2v) is 4.88. The number of halogens is 3. The maximum atomic E-state index is 13.2. The van der Waals surface area contributed by atoms with Crippen LogP contribution in [0.5, 0.6) is 0 Å². The predicted octanol–water partition coefficient (Wildman–Crippen LogP) is 4.32. The molecule has 18 heavy (non-hydrogen) atoms. The molecule has 2 aromatic rings. The van der Waals surface area contributed by atoms with Crippen LogP contribution in [0.15, 0.2) is 6.07 Å². The van der Waals surface area contributed by atoms with Gasteiger partial charge in [-0.05, 0) is 37.0 Å². The number of H-pyrrole nitrogens is 1. The third-order valence-electron chi connectivity index (χ3n) is 3.12. The van der Waals surface area contributed by atoms with Crippen LogP contribution in [-0.2, 0) is 6.18 Å². The smallest absolute Gasteiger partial charge is 0.282 e. The van der Waals surface area contributed by atoms with Crippen LogP contribution in [0, 0.1) is 13.8 Å². The van der Waals surface area contributed by atoms with Gasteiger partial charge in [0.1, 0.15) is 0 Å². The largest absolute Gasteiger partial charge is 0.416 e. The minimum absolute atomic E-state index is 0.208. The second-order valence-electron chi connectivity index (χ2n) is 4.88. The van der Waals surface area contributed by atoms with Crippen molar-refractivity contribution in [3.05, 3.63) is 28.5 Å². The molecule has 0 radical (unpaired) electrons. The van der Waals surface area contributed by atoms with Crippen LogP contribution in [0.4, 0.5) is 13.2 Å². The average molecular weight is 256 g/mol. The number of fused-ring (bicyclic) bond motifs is 1. The molecule has 0 bridgehead atoms. The number of nitrogens with zero attached hydrogens (tertiary/aromatic N) is 1. The number of nitrogens with one attached hydrogen (secondary N) is 1. The first-order valence-electron chi connectivity index (χ1n) is 5.78. The Morgan fingerprint density at radius 3 is 2.33 bits per heavy atom. The van der Waals surface area contributed by atoms with Gasteiger partial charge in [-0.1, -0.05) is 13.8 Å². The number of rotatable bonds is 1. The molecule has 0 amide bonds. The van der Waals surface area contributed by atoms with Crippen LogP contribution >= 0.6 is 0 Å². The van der Waals surface area contributed by atoms with E-state index in [1.807, 2.05) is 0 Å². The van der Waals surface area contributed by atoms with Crippen molar-refractivity contribution in [2.75, 3.05) is 0 Å². The number of alkyl halides is 3. The fourth-order valence-corrected chi connectivity index (χ4v) is 2.46. The Kier molecular flexibility index (Phi) is 2.87. The third-order valence-corrected chi connectivity index (χ3v) is 3.12. The Bertz CT molecular complexity index is 594. The molecular weight excluding hydrogens is 241 g/mol. The zero-order valence-corrected chi connectivity index (χ0v) is 10.7. The fourth-order valence-electron chi connectivity index (χ4n) is 2.46. The summed E-state index contributed by atoms with van der Waals surface area (Å²) >= 11 is 0. The zero-order valence-electron chi connectivity index (χ0n) is 10.7. The monoisotopic (exact) mass is 256 g/mol. The van der Waals surface area contributed by atoms with Gasteiger partial charge in [-0.15, -0.1) is 0 Å². The Balaban J connectivity index is 2.96. The molecule has 0 fully saturated rings. The molecule has 0 aliphatic carbocycles. The summed E-state index contributed by atoms with van der Waals surface area (Å²) in [6.07, 6.45) is -4.33. The van der Waals surface area contributed by atoms with Gasteiger partial charge in [0.05, 0.1) is 11.1 Å². The standard InChI is InChI=1S/C13H15F3N2/c1-6(2)10-11-8(4)17-18-9(11)5-7(3)12(10)13(14,15)16/h5-6H,1-4H3,(H,17,18). The molecule has 0 saturated carbocycles. The minimum Gasteiger partial charge on any atom is -0.282 e. The van der Waals surface area contributed by atoms with Crippen molar-refractivity contribution in [2.24, 2.45) is 0 Å². The van der Waals surface area contributed by atoms with E-state index < -0.39 is 11.7 Å². The maximum absolute atomic E-state index is 13.2. The molecule has 1 heterocycles. The SMILES string of the molecule is Cc1cc2n[nH]c(C)c2c(C(C)C)c1C(F)(F)F. The first kappa shape index (κ1) is 12.9. The van der Waals surface area contributed by atoms with Gasteiger partial charge in [-0.25, -0.2) is 0 Å². The highest BCUT2D eigenvalue weighted by molar-refractivity contribution is 5.87. The summed E-state index contributed by atoms with van der Waals surface area (Å²) in [7, 11) is 0. The van der Waals surface area contributed by atoms with Crippen LogP contribution in [0.1, 0.15) is 42.1 Å². The molecule has 1 aromatic carbocycles. The van der Waals surface area contributed by atoms with E-state index in [0.717, 1.165) is 0 Å². The molecule has 1 N–H and O–H groups in total. The molecule has 98 valence electrons. The fraction of sp³-hybridized carbons (Fsp3) is 0.462. The van der Waals surface area contributed by atoms with Gasteiger partial charge in [-0.2, -0.15) is 18.3 Å². The third kappa shape index (κ3) is 1.87. The summed E-state index contributed by atoms with van der Waals surface area (Å²) < 4.78 is 39.6. The van der Waals surface area contributed by atoms with Crippen LogP contribution in [0.25, 0.3) is 10.9 Å². The molecule has 0 unspecified atom stereocenters. The quantitative estimate of drug-likeness (QED) is 0.808. The summed E-state index contributed by atoms with van der Waals surface area (Å²) in [6, 6.07) is 1.49. The molecule has 1 aromatic heterocycles. The summed E-state index contributed by atoms with van der Waals surface area (Å²) in [4.78, 5) is 0. The van der Waals surface area contributed by atoms with E-state index in [1.54, 1.807) is 20.8 Å². The first-order valence-corrected chi connectivity index (χ1v) is 5.78. The summed E-state index contributed by atoms with van der Waals surface area (Å²) in [5, 5.41) is 7.41. The van der Waals surface area contributed by atoms with Gasteiger partial charge in [0.15, 0.2) is 0 Å². The highest BCUT2D eigenvalue weighted by Crippen LogP contribution is 2.41. The number of aromatic amines is 1. The maximum Gasteiger partial charge on any atom is 0.416 e. The lowest BCUT2D eigenvalue weighted by Crippen LogP contribution is -2.13. The van der Waals surface area contributed by atoms with Gasteiger partial charge in [0.2, 0.25) is 0 Å². The van der Waals surface area contributed by atoms with Crippen molar-refractivity contribution in [1.82, 2.24) is 10.2 Å². The number of hydrogen-bond donors (Lipinski definition) is 1. The molecule has 0 atom stereocenters. The first-order chi connectivity index (χ1) is 8.23. The molecule has 0 saturated heterocycles. The highest BCUT2D eigenvalue weighted by atomic mass is 19.4. The van der Waals surface area contributed by atoms with E-state index in [-0.39, 0.29) is 11.5 Å². The Hall–Kier alpha value is -1.52. The van der Waals surface area contributed by atoms with Gasteiger partial charge in [0, 0.05) is 11.1 Å². The predicted molar refractivity (Wildman–Crippen MR) is 64.7 cm³/mol. The average Bonchev–Trinajstić information content (AvgIpc) is 2.56. The van der Waals surface area contributed by atoms with E-state index in [4.69, 9.17) is 0 Å². The van der Waals surface area contributed by atoms with Crippen LogP contribution < -0.4 is 0 Å². The van der Waals surface area contributed by atoms with E-state index >= 15 is 0 Å². The topological polar surface area (TPSA) is 28.7 Å². The number of benzene rings is 1. The van der Waals surface area contributed by atoms with E-state index in [0.29, 0.717) is 22.2 Å². The van der Waals surface area contributed by atoms with Gasteiger partial charge in [-0.3, -0.25) is 5.10 Å². The Morgan fingerprint density at radius 2 is 1.83 bits per heavy atom. The number of aromatic nitrogens is 2. The van der Waals surface area contributed by atoms with Crippen LogP contribution in [-0.4, -0.2) is 10.2 Å². The van der Waals surface area contributed by atoms with Crippen molar-refractivity contribution < 1.29 is 13.2 Å². The second kappa shape index (κ2) is 4.00. The van der Waals surface area contributed by atoms with E-state index in [9.17, 15) is 13.2 Å². The molecule has 5 heteroatoms. The lowest BCUT2D eigenvalue weighted by Gasteiger charge is -2.19. The van der Waals surface area contributed by atoms with Gasteiger partial charge in [0.25, 0.3) is 0 Å². The Labute approximate surface area is 103 Å². The normalized spacial score (nSPS) is 12.7. The van der Waals surface area contributed by atoms with Crippen LogP contribution in [0.2, 0.25) is 0 Å². The van der Waals surface area contributed by atoms with Crippen molar-refractivity contribution >= 4 is 10.9 Å². The molecule has 2 rings (SSSR count). The van der Waals surface area contributed by atoms with Gasteiger partial charge < -0.3 is 0 Å². The molecule has 0 aliphatic rings. The number of hydrogen-bond acceptors (Lipinski definition) is 1. The highest BCUT2D eigenvalue weighted by Gasteiger charge is 2.37. The lowest BCUT2D eigenvalue weighted by molar-refractivity contribution is -0.138. The summed E-state index contributed by atoms with van der Waals surface area (Å²) in [5.41, 5.74) is 1.32. The van der Waals surface area contributed by atoms with E-state index in [1.165, 1.54) is 13.0 Å². The summed E-state index contributed by atoms with van der Waals surface area (Å²) in [6.45, 7) is 6.78. The lowest BCUT2D eigenvalue weighted by atomic mass is 9.89. The molecule has 2 nitrogen and oxygen atoms in total. The minimum atomic E-state index is -4.33. The summed E-state index contributed by atoms with van der Waals surface area (Å²) in [5.74, 6) is -0.208. The van der Waals surface area contributed by atoms with Gasteiger partial charge >= 0.3 is 6.18 Å². The zero-order chi connectivity index (χ0) is 13.7. The Morgan fingerprint density at radius 1 is 1.22 bits per heavy atom. The van der Waals surface area contributed by atoms with Crippen molar-refractivity contribution in [3.63, 3.8) is 0 Å². The molecular formula is C13H15F3N2. The number of aryl methyl sites for hydroxylation is 2. The van der Waals surface area contributed by atoms with Crippen molar-refractivity contribution in [1.29, 1.82) is 0 Å². The van der Waals surface area contributed by atoms with Crippen LogP contribution in [0.3, 0.4) is 0 Å². The molecule has 0 aliphatic heterocycles.